The van der Waals surface area contributed by atoms with Crippen LogP contribution in [0.3, 0.4) is 0 Å². The number of nitrogens with zero attached hydrogens (tertiary/aromatic N) is 2. The summed E-state index contributed by atoms with van der Waals surface area (Å²) in [5.74, 6) is 1.65. The quantitative estimate of drug-likeness (QED) is 0.486. The summed E-state index contributed by atoms with van der Waals surface area (Å²) in [5.41, 5.74) is 4.86. The molecule has 2 N–H and O–H groups in total. The number of hydrogen-bond acceptors (Lipinski definition) is 5. The number of benzene rings is 2. The van der Waals surface area contributed by atoms with Crippen LogP contribution in [0.4, 0.5) is 0 Å². The molecule has 0 aliphatic carbocycles. The molecule has 0 saturated carbocycles. The normalized spacial score (nSPS) is 12.7. The van der Waals surface area contributed by atoms with Crippen molar-refractivity contribution in [1.82, 2.24) is 20.3 Å². The number of aromatic nitrogens is 3. The second kappa shape index (κ2) is 8.55. The molecular weight excluding hydrogens is 404 g/mol. The van der Waals surface area contributed by atoms with E-state index in [1.54, 1.807) is 13.3 Å². The molecule has 1 aliphatic rings. The van der Waals surface area contributed by atoms with Crippen LogP contribution in [0.25, 0.3) is 22.8 Å². The zero-order valence-corrected chi connectivity index (χ0v) is 17.6. The first-order chi connectivity index (χ1) is 15.7. The third-order valence-corrected chi connectivity index (χ3v) is 5.40. The van der Waals surface area contributed by atoms with Crippen molar-refractivity contribution in [2.24, 2.45) is 0 Å². The molecule has 0 fully saturated rings. The summed E-state index contributed by atoms with van der Waals surface area (Å²) >= 11 is 0. The number of aromatic amines is 1. The lowest BCUT2D eigenvalue weighted by Crippen LogP contribution is -2.31. The third-order valence-electron chi connectivity index (χ3n) is 5.40. The molecular formula is C25H22N4O3. The number of ether oxygens (including phenoxy) is 2. The van der Waals surface area contributed by atoms with Crippen LogP contribution in [0.1, 0.15) is 21.6 Å². The largest absolute Gasteiger partial charge is 0.493 e. The number of nitrogens with one attached hydrogen (secondary N) is 2. The second-order valence-electron chi connectivity index (χ2n) is 7.46. The minimum Gasteiger partial charge on any atom is -0.493 e. The average molecular weight is 426 g/mol. The summed E-state index contributed by atoms with van der Waals surface area (Å²) in [6.07, 6.45) is 2.48. The van der Waals surface area contributed by atoms with Crippen molar-refractivity contribution in [1.29, 1.82) is 0 Å². The summed E-state index contributed by atoms with van der Waals surface area (Å²) in [4.78, 5) is 24.7. The Morgan fingerprint density at radius 1 is 1.03 bits per heavy atom. The van der Waals surface area contributed by atoms with E-state index in [0.29, 0.717) is 41.7 Å². The van der Waals surface area contributed by atoms with E-state index in [0.717, 1.165) is 28.9 Å². The number of hydrogen-bond donors (Lipinski definition) is 2. The molecule has 7 heteroatoms. The van der Waals surface area contributed by atoms with E-state index in [1.807, 2.05) is 60.7 Å². The first kappa shape index (κ1) is 19.8. The van der Waals surface area contributed by atoms with Gasteiger partial charge in [-0.15, -0.1) is 0 Å². The molecule has 0 saturated heterocycles. The van der Waals surface area contributed by atoms with Crippen LogP contribution in [-0.2, 0) is 13.0 Å². The molecule has 32 heavy (non-hydrogen) atoms. The number of H-pyrrole nitrogens is 1. The van der Waals surface area contributed by atoms with Crippen molar-refractivity contribution < 1.29 is 14.3 Å². The van der Waals surface area contributed by atoms with Gasteiger partial charge in [0.05, 0.1) is 29.6 Å². The van der Waals surface area contributed by atoms with Crippen LogP contribution < -0.4 is 14.8 Å². The fraction of sp³-hybridized carbons (Fsp3) is 0.160. The maximum atomic E-state index is 12.1. The van der Waals surface area contributed by atoms with Crippen LogP contribution >= 0.6 is 0 Å². The maximum absolute atomic E-state index is 12.1. The summed E-state index contributed by atoms with van der Waals surface area (Å²) < 4.78 is 11.7. The lowest BCUT2D eigenvalue weighted by atomic mass is 10.1. The van der Waals surface area contributed by atoms with Crippen LogP contribution in [0.2, 0.25) is 0 Å². The second-order valence-corrected chi connectivity index (χ2v) is 7.46. The Bertz CT molecular complexity index is 1270. The molecule has 4 aromatic rings. The molecule has 1 amide bonds. The fourth-order valence-electron chi connectivity index (χ4n) is 3.80. The highest BCUT2D eigenvalue weighted by atomic mass is 16.5. The molecule has 1 aliphatic heterocycles. The smallest absolute Gasteiger partial charge is 0.253 e. The molecule has 2 aromatic carbocycles. The third kappa shape index (κ3) is 3.80. The van der Waals surface area contributed by atoms with E-state index in [-0.39, 0.29) is 5.91 Å². The fourth-order valence-corrected chi connectivity index (χ4v) is 3.80. The van der Waals surface area contributed by atoms with Crippen LogP contribution in [0.5, 0.6) is 11.5 Å². The van der Waals surface area contributed by atoms with E-state index in [1.165, 1.54) is 0 Å². The van der Waals surface area contributed by atoms with E-state index < -0.39 is 0 Å². The Kier molecular flexibility index (Phi) is 5.29. The average Bonchev–Trinajstić information content (AvgIpc) is 3.29. The molecule has 0 unspecified atom stereocenters. The summed E-state index contributed by atoms with van der Waals surface area (Å²) in [7, 11) is 1.61. The topological polar surface area (TPSA) is 89.1 Å². The van der Waals surface area contributed by atoms with Crippen molar-refractivity contribution in [3.05, 3.63) is 83.7 Å². The van der Waals surface area contributed by atoms with Gasteiger partial charge in [-0.2, -0.15) is 0 Å². The van der Waals surface area contributed by atoms with Gasteiger partial charge in [0.1, 0.15) is 6.61 Å². The highest BCUT2D eigenvalue weighted by Gasteiger charge is 2.21. The Labute approximate surface area is 185 Å². The van der Waals surface area contributed by atoms with Gasteiger partial charge in [-0.05, 0) is 29.8 Å². The van der Waals surface area contributed by atoms with Gasteiger partial charge in [-0.3, -0.25) is 4.79 Å². The van der Waals surface area contributed by atoms with Crippen LogP contribution in [0.15, 0.2) is 66.9 Å². The van der Waals surface area contributed by atoms with Gasteiger partial charge in [-0.25, -0.2) is 9.97 Å². The van der Waals surface area contributed by atoms with Gasteiger partial charge in [-0.1, -0.05) is 36.4 Å². The predicted molar refractivity (Wildman–Crippen MR) is 121 cm³/mol. The number of carbonyl (C=O) groups is 1. The predicted octanol–water partition coefficient (Wildman–Crippen LogP) is 4.01. The zero-order chi connectivity index (χ0) is 21.9. The molecule has 0 spiro atoms. The van der Waals surface area contributed by atoms with E-state index in [4.69, 9.17) is 14.5 Å². The van der Waals surface area contributed by atoms with Crippen molar-refractivity contribution in [2.75, 3.05) is 13.7 Å². The Hall–Kier alpha value is -4.13. The van der Waals surface area contributed by atoms with E-state index in [2.05, 4.69) is 15.3 Å². The number of para-hydroxylation sites is 1. The molecule has 5 rings (SSSR count). The molecule has 2 aromatic heterocycles. The van der Waals surface area contributed by atoms with Crippen LogP contribution in [-0.4, -0.2) is 34.5 Å². The molecule has 0 atom stereocenters. The minimum atomic E-state index is -0.0626. The van der Waals surface area contributed by atoms with Gasteiger partial charge in [0, 0.05) is 24.9 Å². The Morgan fingerprint density at radius 3 is 2.72 bits per heavy atom. The molecule has 3 heterocycles. The summed E-state index contributed by atoms with van der Waals surface area (Å²) in [6.45, 7) is 1.03. The van der Waals surface area contributed by atoms with Gasteiger partial charge in [0.2, 0.25) is 0 Å². The first-order valence-electron chi connectivity index (χ1n) is 10.4. The number of amides is 1. The van der Waals surface area contributed by atoms with Gasteiger partial charge in [0.25, 0.3) is 5.91 Å². The molecule has 7 nitrogen and oxygen atoms in total. The number of fused-ring (bicyclic) bond motifs is 1. The standard InChI is InChI=1S/C25H22N4O3/c1-31-22-9-5-8-17(23(22)32-15-16-6-3-2-4-7-16)24-26-12-11-20(29-24)21-14-18-19(28-21)10-13-27-25(18)30/h2-9,11-12,14,28H,10,13,15H2,1H3,(H,27,30). The van der Waals surface area contributed by atoms with E-state index >= 15 is 0 Å². The maximum Gasteiger partial charge on any atom is 0.253 e. The van der Waals surface area contributed by atoms with Crippen LogP contribution in [0, 0.1) is 0 Å². The summed E-state index contributed by atoms with van der Waals surface area (Å²) in [6, 6.07) is 19.3. The number of methoxy groups -OCH3 is 1. The van der Waals surface area contributed by atoms with E-state index in [9.17, 15) is 4.79 Å². The van der Waals surface area contributed by atoms with Crippen molar-refractivity contribution in [3.8, 4) is 34.3 Å². The Balaban J connectivity index is 1.51. The molecule has 160 valence electrons. The highest BCUT2D eigenvalue weighted by molar-refractivity contribution is 5.97. The lowest BCUT2D eigenvalue weighted by Gasteiger charge is -2.15. The van der Waals surface area contributed by atoms with Crippen molar-refractivity contribution >= 4 is 5.91 Å². The Morgan fingerprint density at radius 2 is 1.91 bits per heavy atom. The number of rotatable bonds is 6. The molecule has 0 radical (unpaired) electrons. The van der Waals surface area contributed by atoms with Gasteiger partial charge < -0.3 is 19.8 Å². The minimum absolute atomic E-state index is 0.0626. The lowest BCUT2D eigenvalue weighted by molar-refractivity contribution is 0.0946. The monoisotopic (exact) mass is 426 g/mol. The van der Waals surface area contributed by atoms with Gasteiger partial charge in [0.15, 0.2) is 17.3 Å². The number of carbonyl (C=O) groups excluding carboxylic acids is 1. The highest BCUT2D eigenvalue weighted by Crippen LogP contribution is 2.37. The SMILES string of the molecule is COc1cccc(-c2nccc(-c3cc4c([nH]3)CCNC4=O)n2)c1OCc1ccccc1. The van der Waals surface area contributed by atoms with Gasteiger partial charge >= 0.3 is 0 Å². The zero-order valence-electron chi connectivity index (χ0n) is 17.6. The van der Waals surface area contributed by atoms with Crippen molar-refractivity contribution in [3.63, 3.8) is 0 Å². The summed E-state index contributed by atoms with van der Waals surface area (Å²) in [5, 5.41) is 2.87. The molecule has 0 bridgehead atoms. The first-order valence-corrected chi connectivity index (χ1v) is 10.4. The van der Waals surface area contributed by atoms with Crippen molar-refractivity contribution in [2.45, 2.75) is 13.0 Å².